The van der Waals surface area contributed by atoms with Crippen LogP contribution in [0.3, 0.4) is 0 Å². The summed E-state index contributed by atoms with van der Waals surface area (Å²) in [6.07, 6.45) is 2.64. The zero-order valence-electron chi connectivity index (χ0n) is 9.21. The van der Waals surface area contributed by atoms with Gasteiger partial charge in [-0.3, -0.25) is 0 Å². The Hall–Kier alpha value is -0.0600. The molecule has 0 radical (unpaired) electrons. The Kier molecular flexibility index (Phi) is 4.50. The maximum atomic E-state index is 5.47. The minimum Gasteiger partial charge on any atom is -0.469 e. The monoisotopic (exact) mass is 420 g/mol. The van der Waals surface area contributed by atoms with Crippen molar-refractivity contribution in [2.75, 3.05) is 0 Å². The largest absolute Gasteiger partial charge is 0.469 e. The van der Waals surface area contributed by atoms with E-state index in [1.165, 1.54) is 11.1 Å². The first-order chi connectivity index (χ1) is 8.13. The molecule has 17 heavy (non-hydrogen) atoms. The highest BCUT2D eigenvalue weighted by atomic mass is 79.9. The van der Waals surface area contributed by atoms with Crippen LogP contribution in [0.2, 0.25) is 0 Å². The number of rotatable bonds is 3. The fourth-order valence-corrected chi connectivity index (χ4v) is 3.69. The average molecular weight is 423 g/mol. The molecule has 1 heterocycles. The summed E-state index contributed by atoms with van der Waals surface area (Å²) in [6.45, 7) is 2.10. The first-order valence-corrected chi connectivity index (χ1v) is 7.79. The van der Waals surface area contributed by atoms with Gasteiger partial charge in [-0.2, -0.15) is 0 Å². The number of hydrogen-bond acceptors (Lipinski definition) is 1. The zero-order valence-corrected chi connectivity index (χ0v) is 14.0. The molecule has 0 aliphatic carbocycles. The van der Waals surface area contributed by atoms with Gasteiger partial charge in [-0.1, -0.05) is 54.7 Å². The second-order valence-corrected chi connectivity index (χ2v) is 6.37. The van der Waals surface area contributed by atoms with Gasteiger partial charge in [-0.15, -0.1) is 0 Å². The van der Waals surface area contributed by atoms with E-state index in [0.717, 1.165) is 21.1 Å². The summed E-state index contributed by atoms with van der Waals surface area (Å²) in [6, 6.07) is 8.18. The number of halogens is 3. The van der Waals surface area contributed by atoms with Crippen molar-refractivity contribution < 1.29 is 4.42 Å². The average Bonchev–Trinajstić information content (AvgIpc) is 2.79. The molecule has 1 unspecified atom stereocenters. The van der Waals surface area contributed by atoms with Crippen LogP contribution in [-0.2, 0) is 6.42 Å². The topological polar surface area (TPSA) is 13.1 Å². The molecular formula is C13H11Br3O. The maximum Gasteiger partial charge on any atom is 0.108 e. The van der Waals surface area contributed by atoms with Crippen molar-refractivity contribution in [1.82, 2.24) is 0 Å². The number of hydrogen-bond donors (Lipinski definition) is 0. The van der Waals surface area contributed by atoms with Crippen LogP contribution in [-0.4, -0.2) is 0 Å². The molecule has 1 aromatic heterocycles. The predicted molar refractivity (Wildman–Crippen MR) is 80.7 cm³/mol. The molecule has 0 N–H and O–H groups in total. The van der Waals surface area contributed by atoms with Crippen LogP contribution in [0, 0.1) is 0 Å². The van der Waals surface area contributed by atoms with E-state index < -0.39 is 0 Å². The summed E-state index contributed by atoms with van der Waals surface area (Å²) in [7, 11) is 0. The smallest absolute Gasteiger partial charge is 0.108 e. The van der Waals surface area contributed by atoms with Crippen molar-refractivity contribution in [3.63, 3.8) is 0 Å². The van der Waals surface area contributed by atoms with Crippen LogP contribution < -0.4 is 0 Å². The minimum atomic E-state index is 0.142. The maximum absolute atomic E-state index is 5.47. The van der Waals surface area contributed by atoms with E-state index in [1.54, 1.807) is 6.26 Å². The Morgan fingerprint density at radius 3 is 2.65 bits per heavy atom. The van der Waals surface area contributed by atoms with Crippen molar-refractivity contribution in [3.8, 4) is 0 Å². The van der Waals surface area contributed by atoms with Gasteiger partial charge in [0.2, 0.25) is 0 Å². The molecule has 4 heteroatoms. The van der Waals surface area contributed by atoms with Crippen LogP contribution in [0.1, 0.15) is 28.6 Å². The SMILES string of the molecule is CCc1occc1C(Br)c1cc(Br)ccc1Br. The summed E-state index contributed by atoms with van der Waals surface area (Å²) in [5.41, 5.74) is 2.38. The van der Waals surface area contributed by atoms with Gasteiger partial charge in [0.05, 0.1) is 11.1 Å². The zero-order chi connectivity index (χ0) is 12.4. The Balaban J connectivity index is 2.43. The molecule has 0 spiro atoms. The Bertz CT molecular complexity index is 519. The van der Waals surface area contributed by atoms with Crippen LogP contribution in [0.15, 0.2) is 43.9 Å². The third kappa shape index (κ3) is 2.85. The van der Waals surface area contributed by atoms with Crippen molar-refractivity contribution in [2.45, 2.75) is 18.2 Å². The Morgan fingerprint density at radius 1 is 1.18 bits per heavy atom. The Morgan fingerprint density at radius 2 is 1.94 bits per heavy atom. The first kappa shape index (κ1) is 13.4. The number of alkyl halides is 1. The number of furan rings is 1. The molecular weight excluding hydrogens is 412 g/mol. The Labute approximate surface area is 126 Å². The van der Waals surface area contributed by atoms with E-state index in [9.17, 15) is 0 Å². The molecule has 0 amide bonds. The minimum absolute atomic E-state index is 0.142. The molecule has 0 bridgehead atoms. The lowest BCUT2D eigenvalue weighted by Gasteiger charge is -2.12. The number of benzene rings is 1. The highest BCUT2D eigenvalue weighted by Gasteiger charge is 2.18. The molecule has 2 aromatic rings. The lowest BCUT2D eigenvalue weighted by atomic mass is 10.0. The van der Waals surface area contributed by atoms with Gasteiger partial charge in [0.1, 0.15) is 5.76 Å². The first-order valence-electron chi connectivity index (χ1n) is 5.28. The highest BCUT2D eigenvalue weighted by molar-refractivity contribution is 9.11. The summed E-state index contributed by atoms with van der Waals surface area (Å²) in [5.74, 6) is 1.03. The quantitative estimate of drug-likeness (QED) is 0.565. The predicted octanol–water partition coefficient (Wildman–Crippen LogP) is 5.85. The fourth-order valence-electron chi connectivity index (χ4n) is 1.74. The van der Waals surface area contributed by atoms with Gasteiger partial charge in [0.25, 0.3) is 0 Å². The molecule has 0 aliphatic rings. The molecule has 90 valence electrons. The second kappa shape index (κ2) is 5.72. The van der Waals surface area contributed by atoms with E-state index in [2.05, 4.69) is 60.8 Å². The van der Waals surface area contributed by atoms with Gasteiger partial charge >= 0.3 is 0 Å². The lowest BCUT2D eigenvalue weighted by molar-refractivity contribution is 0.512. The van der Waals surface area contributed by atoms with Crippen LogP contribution in [0.5, 0.6) is 0 Å². The van der Waals surface area contributed by atoms with Gasteiger partial charge in [0.15, 0.2) is 0 Å². The summed E-state index contributed by atoms with van der Waals surface area (Å²) in [4.78, 5) is 0.142. The van der Waals surface area contributed by atoms with E-state index in [-0.39, 0.29) is 4.83 Å². The van der Waals surface area contributed by atoms with Gasteiger partial charge in [0, 0.05) is 20.9 Å². The molecule has 1 nitrogen and oxygen atoms in total. The molecule has 1 aromatic carbocycles. The molecule has 0 saturated heterocycles. The third-order valence-electron chi connectivity index (χ3n) is 2.61. The van der Waals surface area contributed by atoms with E-state index in [4.69, 9.17) is 4.42 Å². The summed E-state index contributed by atoms with van der Waals surface area (Å²) < 4.78 is 7.63. The fraction of sp³-hybridized carbons (Fsp3) is 0.231. The summed E-state index contributed by atoms with van der Waals surface area (Å²) in [5, 5.41) is 0. The van der Waals surface area contributed by atoms with E-state index >= 15 is 0 Å². The van der Waals surface area contributed by atoms with Crippen molar-refractivity contribution >= 4 is 47.8 Å². The van der Waals surface area contributed by atoms with E-state index in [1.807, 2.05) is 18.2 Å². The van der Waals surface area contributed by atoms with Gasteiger partial charge < -0.3 is 4.42 Å². The molecule has 0 aliphatic heterocycles. The van der Waals surface area contributed by atoms with Gasteiger partial charge in [-0.25, -0.2) is 0 Å². The van der Waals surface area contributed by atoms with Crippen LogP contribution in [0.25, 0.3) is 0 Å². The normalized spacial score (nSPS) is 12.7. The van der Waals surface area contributed by atoms with Crippen LogP contribution >= 0.6 is 47.8 Å². The molecule has 2 rings (SSSR count). The van der Waals surface area contributed by atoms with E-state index in [0.29, 0.717) is 0 Å². The standard InChI is InChI=1S/C13H11Br3O/c1-2-12-9(5-6-17-12)13(16)10-7-8(14)3-4-11(10)15/h3-7,13H,2H2,1H3. The summed E-state index contributed by atoms with van der Waals surface area (Å²) >= 11 is 10.8. The van der Waals surface area contributed by atoms with Gasteiger partial charge in [-0.05, 0) is 29.8 Å². The van der Waals surface area contributed by atoms with Crippen molar-refractivity contribution in [1.29, 1.82) is 0 Å². The molecule has 1 atom stereocenters. The lowest BCUT2D eigenvalue weighted by Crippen LogP contribution is -1.96. The van der Waals surface area contributed by atoms with Crippen molar-refractivity contribution in [3.05, 3.63) is 56.4 Å². The molecule has 0 saturated carbocycles. The third-order valence-corrected chi connectivity index (χ3v) is 4.81. The van der Waals surface area contributed by atoms with Crippen LogP contribution in [0.4, 0.5) is 0 Å². The highest BCUT2D eigenvalue weighted by Crippen LogP contribution is 2.38. The molecule has 0 fully saturated rings. The second-order valence-electron chi connectivity index (χ2n) is 3.68. The van der Waals surface area contributed by atoms with Crippen molar-refractivity contribution in [2.24, 2.45) is 0 Å². The number of aryl methyl sites for hydroxylation is 1.